The van der Waals surface area contributed by atoms with Crippen LogP contribution in [0.25, 0.3) is 0 Å². The van der Waals surface area contributed by atoms with E-state index in [0.717, 1.165) is 6.42 Å². The first-order valence-corrected chi connectivity index (χ1v) is 6.95. The highest BCUT2D eigenvalue weighted by Gasteiger charge is 2.43. The maximum atomic E-state index is 12.8. The molecular weight excluding hydrogens is 275 g/mol. The lowest BCUT2D eigenvalue weighted by Gasteiger charge is -2.30. The molecule has 1 aromatic rings. The highest BCUT2D eigenvalue weighted by atomic mass is 32.1. The monoisotopic (exact) mass is 293 g/mol. The van der Waals surface area contributed by atoms with E-state index in [1.165, 1.54) is 0 Å². The van der Waals surface area contributed by atoms with Gasteiger partial charge >= 0.3 is 6.18 Å². The molecule has 1 aliphatic rings. The summed E-state index contributed by atoms with van der Waals surface area (Å²) in [4.78, 5) is 0. The van der Waals surface area contributed by atoms with E-state index in [2.05, 4.69) is 10.2 Å². The van der Waals surface area contributed by atoms with Gasteiger partial charge in [0.15, 0.2) is 4.77 Å². The number of aromatic amines is 1. The first-order valence-electron chi connectivity index (χ1n) is 6.54. The minimum absolute atomic E-state index is 0.104. The van der Waals surface area contributed by atoms with Gasteiger partial charge in [0.25, 0.3) is 0 Å². The van der Waals surface area contributed by atoms with Crippen molar-refractivity contribution in [1.82, 2.24) is 14.8 Å². The Balaban J connectivity index is 2.25. The molecule has 1 N–H and O–H groups in total. The molecule has 2 atom stereocenters. The van der Waals surface area contributed by atoms with Crippen LogP contribution >= 0.6 is 12.2 Å². The molecule has 0 spiro atoms. The maximum absolute atomic E-state index is 12.8. The number of alkyl halides is 3. The standard InChI is InChI=1S/C12H18F3N3S/c1-7(2)18-10(16-17-11(18)19)8-4-3-5-9(6-8)12(13,14)15/h7-9H,3-6H2,1-2H3,(H,17,19). The van der Waals surface area contributed by atoms with Gasteiger partial charge in [0.05, 0.1) is 5.92 Å². The van der Waals surface area contributed by atoms with Crippen molar-refractivity contribution in [3.63, 3.8) is 0 Å². The fourth-order valence-electron chi connectivity index (χ4n) is 2.83. The van der Waals surface area contributed by atoms with Crippen LogP contribution in [0, 0.1) is 10.7 Å². The van der Waals surface area contributed by atoms with Crippen molar-refractivity contribution >= 4 is 12.2 Å². The van der Waals surface area contributed by atoms with E-state index in [1.54, 1.807) is 0 Å². The first kappa shape index (κ1) is 14.6. The molecule has 7 heteroatoms. The highest BCUT2D eigenvalue weighted by molar-refractivity contribution is 7.71. The molecule has 1 heterocycles. The number of aromatic nitrogens is 3. The molecule has 1 aromatic heterocycles. The number of nitrogens with one attached hydrogen (secondary N) is 1. The normalized spacial score (nSPS) is 24.9. The van der Waals surface area contributed by atoms with E-state index < -0.39 is 12.1 Å². The molecule has 0 radical (unpaired) electrons. The van der Waals surface area contributed by atoms with Crippen LogP contribution in [-0.4, -0.2) is 20.9 Å². The van der Waals surface area contributed by atoms with Crippen LogP contribution < -0.4 is 0 Å². The Morgan fingerprint density at radius 2 is 2.05 bits per heavy atom. The smallest absolute Gasteiger partial charge is 0.301 e. The zero-order chi connectivity index (χ0) is 14.2. The Morgan fingerprint density at radius 1 is 1.37 bits per heavy atom. The lowest BCUT2D eigenvalue weighted by Crippen LogP contribution is -2.29. The summed E-state index contributed by atoms with van der Waals surface area (Å²) in [7, 11) is 0. The number of hydrogen-bond acceptors (Lipinski definition) is 2. The average Bonchev–Trinajstić information content (AvgIpc) is 2.70. The van der Waals surface area contributed by atoms with Gasteiger partial charge in [0.1, 0.15) is 5.82 Å². The molecular formula is C12H18F3N3S. The molecule has 0 amide bonds. The molecule has 19 heavy (non-hydrogen) atoms. The second-order valence-corrected chi connectivity index (χ2v) is 5.84. The Kier molecular flexibility index (Phi) is 4.03. The third kappa shape index (κ3) is 3.01. The summed E-state index contributed by atoms with van der Waals surface area (Å²) in [6.07, 6.45) is -2.41. The lowest BCUT2D eigenvalue weighted by molar-refractivity contribution is -0.183. The second-order valence-electron chi connectivity index (χ2n) is 5.45. The predicted octanol–water partition coefficient (Wildman–Crippen LogP) is 4.36. The van der Waals surface area contributed by atoms with Crippen LogP contribution in [0.4, 0.5) is 13.2 Å². The molecule has 2 unspecified atom stereocenters. The third-order valence-corrected chi connectivity index (χ3v) is 4.04. The van der Waals surface area contributed by atoms with Crippen LogP contribution in [0.3, 0.4) is 0 Å². The molecule has 1 saturated carbocycles. The maximum Gasteiger partial charge on any atom is 0.391 e. The zero-order valence-corrected chi connectivity index (χ0v) is 11.8. The van der Waals surface area contributed by atoms with Gasteiger partial charge in [-0.25, -0.2) is 0 Å². The van der Waals surface area contributed by atoms with E-state index in [1.807, 2.05) is 18.4 Å². The van der Waals surface area contributed by atoms with Gasteiger partial charge in [-0.3, -0.25) is 5.10 Å². The topological polar surface area (TPSA) is 33.6 Å². The summed E-state index contributed by atoms with van der Waals surface area (Å²) >= 11 is 5.14. The Morgan fingerprint density at radius 3 is 2.63 bits per heavy atom. The Bertz CT molecular complexity index is 489. The van der Waals surface area contributed by atoms with Crippen molar-refractivity contribution in [3.8, 4) is 0 Å². The van der Waals surface area contributed by atoms with Gasteiger partial charge < -0.3 is 4.57 Å². The molecule has 0 aromatic carbocycles. The largest absolute Gasteiger partial charge is 0.391 e. The van der Waals surface area contributed by atoms with Crippen LogP contribution in [-0.2, 0) is 0 Å². The summed E-state index contributed by atoms with van der Waals surface area (Å²) in [6, 6.07) is 0.104. The van der Waals surface area contributed by atoms with Crippen LogP contribution in [0.15, 0.2) is 0 Å². The van der Waals surface area contributed by atoms with Crippen LogP contribution in [0.5, 0.6) is 0 Å². The fraction of sp³-hybridized carbons (Fsp3) is 0.833. The molecule has 3 nitrogen and oxygen atoms in total. The average molecular weight is 293 g/mol. The molecule has 0 aliphatic heterocycles. The minimum Gasteiger partial charge on any atom is -0.301 e. The second kappa shape index (κ2) is 5.26. The molecule has 0 saturated heterocycles. The quantitative estimate of drug-likeness (QED) is 0.822. The van der Waals surface area contributed by atoms with Gasteiger partial charge in [-0.15, -0.1) is 0 Å². The molecule has 2 rings (SSSR count). The first-order chi connectivity index (χ1) is 8.80. The van der Waals surface area contributed by atoms with E-state index in [4.69, 9.17) is 12.2 Å². The fourth-order valence-corrected chi connectivity index (χ4v) is 3.18. The van der Waals surface area contributed by atoms with Crippen molar-refractivity contribution in [2.45, 2.75) is 57.7 Å². The summed E-state index contributed by atoms with van der Waals surface area (Å²) in [5.41, 5.74) is 0. The molecule has 1 fully saturated rings. The van der Waals surface area contributed by atoms with Crippen LogP contribution in [0.1, 0.15) is 57.3 Å². The van der Waals surface area contributed by atoms with Gasteiger partial charge in [-0.2, -0.15) is 18.3 Å². The van der Waals surface area contributed by atoms with Crippen molar-refractivity contribution in [2.24, 2.45) is 5.92 Å². The highest BCUT2D eigenvalue weighted by Crippen LogP contribution is 2.43. The van der Waals surface area contributed by atoms with Crippen molar-refractivity contribution in [1.29, 1.82) is 0 Å². The number of rotatable bonds is 2. The molecule has 0 bridgehead atoms. The van der Waals surface area contributed by atoms with E-state index >= 15 is 0 Å². The van der Waals surface area contributed by atoms with Crippen molar-refractivity contribution in [2.75, 3.05) is 0 Å². The van der Waals surface area contributed by atoms with E-state index in [0.29, 0.717) is 17.0 Å². The lowest BCUT2D eigenvalue weighted by atomic mass is 9.80. The van der Waals surface area contributed by atoms with Gasteiger partial charge in [-0.1, -0.05) is 6.42 Å². The molecule has 108 valence electrons. The summed E-state index contributed by atoms with van der Waals surface area (Å²) in [6.45, 7) is 3.91. The van der Waals surface area contributed by atoms with Crippen molar-refractivity contribution < 1.29 is 13.2 Å². The number of hydrogen-bond donors (Lipinski definition) is 1. The summed E-state index contributed by atoms with van der Waals surface area (Å²) in [5.74, 6) is -0.693. The number of halogens is 3. The summed E-state index contributed by atoms with van der Waals surface area (Å²) < 4.78 is 40.8. The SMILES string of the molecule is CC(C)n1c(C2CCCC(C(F)(F)F)C2)n[nH]c1=S. The number of nitrogens with zero attached hydrogens (tertiary/aromatic N) is 2. The van der Waals surface area contributed by atoms with Gasteiger partial charge in [0, 0.05) is 12.0 Å². The Hall–Kier alpha value is -0.850. The third-order valence-electron chi connectivity index (χ3n) is 3.75. The van der Waals surface area contributed by atoms with Crippen LogP contribution in [0.2, 0.25) is 0 Å². The predicted molar refractivity (Wildman–Crippen MR) is 68.6 cm³/mol. The summed E-state index contributed by atoms with van der Waals surface area (Å²) in [5, 5.41) is 6.86. The van der Waals surface area contributed by atoms with Crippen molar-refractivity contribution in [3.05, 3.63) is 10.6 Å². The van der Waals surface area contributed by atoms with E-state index in [-0.39, 0.29) is 24.8 Å². The van der Waals surface area contributed by atoms with Gasteiger partial charge in [0.2, 0.25) is 0 Å². The minimum atomic E-state index is -4.10. The van der Waals surface area contributed by atoms with E-state index in [9.17, 15) is 13.2 Å². The Labute approximate surface area is 115 Å². The van der Waals surface area contributed by atoms with Gasteiger partial charge in [-0.05, 0) is 45.3 Å². The zero-order valence-electron chi connectivity index (χ0n) is 11.0. The number of H-pyrrole nitrogens is 1. The molecule has 1 aliphatic carbocycles.